The molecule has 1 unspecified atom stereocenters. The van der Waals surface area contributed by atoms with Gasteiger partial charge in [-0.2, -0.15) is 5.26 Å². The van der Waals surface area contributed by atoms with E-state index in [1.54, 1.807) is 6.07 Å². The summed E-state index contributed by atoms with van der Waals surface area (Å²) >= 11 is 0. The number of benzene rings is 1. The summed E-state index contributed by atoms with van der Waals surface area (Å²) in [5.74, 6) is 0.718. The second-order valence-electron chi connectivity index (χ2n) is 4.46. The zero-order chi connectivity index (χ0) is 12.4. The zero-order valence-corrected chi connectivity index (χ0v) is 9.89. The summed E-state index contributed by atoms with van der Waals surface area (Å²) in [6.45, 7) is 1.04. The van der Waals surface area contributed by atoms with Crippen LogP contribution in [0.3, 0.4) is 0 Å². The van der Waals surface area contributed by atoms with Crippen LogP contribution in [0.4, 0.5) is 0 Å². The fourth-order valence-corrected chi connectivity index (χ4v) is 2.27. The largest absolute Gasteiger partial charge is 0.356 e. The Labute approximate surface area is 105 Å². The van der Waals surface area contributed by atoms with Crippen molar-refractivity contribution in [1.29, 1.82) is 5.26 Å². The highest BCUT2D eigenvalue weighted by Gasteiger charge is 2.20. The van der Waals surface area contributed by atoms with Gasteiger partial charge in [0.1, 0.15) is 5.69 Å². The van der Waals surface area contributed by atoms with E-state index in [1.165, 1.54) is 6.42 Å². The Bertz CT molecular complexity index is 591. The number of aromatic nitrogens is 1. The molecule has 1 aromatic heterocycles. The first-order valence-electron chi connectivity index (χ1n) is 6.07. The van der Waals surface area contributed by atoms with E-state index in [0.29, 0.717) is 11.6 Å². The predicted octanol–water partition coefficient (Wildman–Crippen LogP) is 2.64. The standard InChI is InChI=1S/C14H13N3O/c15-9-10-3-1-4-11(7-10)14-8-13(17-18-14)12-5-2-6-16-12/h1,3-4,7-8,12,16H,2,5-6H2. The van der Waals surface area contributed by atoms with Gasteiger partial charge < -0.3 is 9.84 Å². The van der Waals surface area contributed by atoms with Crippen LogP contribution in [0.1, 0.15) is 30.1 Å². The Morgan fingerprint density at radius 2 is 2.33 bits per heavy atom. The quantitative estimate of drug-likeness (QED) is 0.875. The normalized spacial score (nSPS) is 18.7. The first kappa shape index (κ1) is 11.0. The summed E-state index contributed by atoms with van der Waals surface area (Å²) in [6.07, 6.45) is 2.28. The Balaban J connectivity index is 1.90. The van der Waals surface area contributed by atoms with E-state index >= 15 is 0 Å². The van der Waals surface area contributed by atoms with E-state index in [-0.39, 0.29) is 0 Å². The Kier molecular flexibility index (Phi) is 2.83. The maximum atomic E-state index is 8.88. The molecule has 0 spiro atoms. The second-order valence-corrected chi connectivity index (χ2v) is 4.46. The van der Waals surface area contributed by atoms with E-state index in [4.69, 9.17) is 9.78 Å². The van der Waals surface area contributed by atoms with Crippen molar-refractivity contribution in [2.45, 2.75) is 18.9 Å². The maximum absolute atomic E-state index is 8.88. The maximum Gasteiger partial charge on any atom is 0.167 e. The Morgan fingerprint density at radius 1 is 1.39 bits per heavy atom. The third kappa shape index (κ3) is 2.01. The molecule has 1 atom stereocenters. The minimum atomic E-state index is 0.307. The topological polar surface area (TPSA) is 61.9 Å². The van der Waals surface area contributed by atoms with Crippen LogP contribution in [0, 0.1) is 11.3 Å². The van der Waals surface area contributed by atoms with Gasteiger partial charge in [0, 0.05) is 11.6 Å². The molecule has 4 heteroatoms. The van der Waals surface area contributed by atoms with E-state index in [0.717, 1.165) is 30.0 Å². The SMILES string of the molecule is N#Cc1cccc(-c2cc(C3CCCN3)no2)c1. The summed E-state index contributed by atoms with van der Waals surface area (Å²) in [6, 6.07) is 11.8. The predicted molar refractivity (Wildman–Crippen MR) is 66.6 cm³/mol. The lowest BCUT2D eigenvalue weighted by molar-refractivity contribution is 0.412. The van der Waals surface area contributed by atoms with Gasteiger partial charge in [0.15, 0.2) is 5.76 Å². The summed E-state index contributed by atoms with van der Waals surface area (Å²) in [7, 11) is 0. The second kappa shape index (κ2) is 4.63. The minimum absolute atomic E-state index is 0.307. The van der Waals surface area contributed by atoms with Crippen LogP contribution in [-0.2, 0) is 0 Å². The van der Waals surface area contributed by atoms with Gasteiger partial charge in [0.05, 0.1) is 17.7 Å². The number of rotatable bonds is 2. The van der Waals surface area contributed by atoms with Gasteiger partial charge in [-0.15, -0.1) is 0 Å². The summed E-state index contributed by atoms with van der Waals surface area (Å²) in [5, 5.41) is 16.4. The first-order valence-corrected chi connectivity index (χ1v) is 6.07. The fourth-order valence-electron chi connectivity index (χ4n) is 2.27. The average Bonchev–Trinajstić information content (AvgIpc) is 3.09. The summed E-state index contributed by atoms with van der Waals surface area (Å²) in [5.41, 5.74) is 2.47. The highest BCUT2D eigenvalue weighted by Crippen LogP contribution is 2.27. The number of nitrogens with one attached hydrogen (secondary N) is 1. The number of hydrogen-bond acceptors (Lipinski definition) is 4. The fraction of sp³-hybridized carbons (Fsp3) is 0.286. The van der Waals surface area contributed by atoms with Crippen LogP contribution in [-0.4, -0.2) is 11.7 Å². The van der Waals surface area contributed by atoms with Crippen molar-refractivity contribution in [2.24, 2.45) is 0 Å². The molecule has 0 bridgehead atoms. The van der Waals surface area contributed by atoms with Crippen molar-refractivity contribution < 1.29 is 4.52 Å². The van der Waals surface area contributed by atoms with Crippen LogP contribution in [0.15, 0.2) is 34.9 Å². The molecule has 3 rings (SSSR count). The Morgan fingerprint density at radius 3 is 3.11 bits per heavy atom. The van der Waals surface area contributed by atoms with Gasteiger partial charge in [-0.1, -0.05) is 17.3 Å². The van der Waals surface area contributed by atoms with Gasteiger partial charge in [-0.25, -0.2) is 0 Å². The molecule has 1 saturated heterocycles. The lowest BCUT2D eigenvalue weighted by Gasteiger charge is -2.02. The lowest BCUT2D eigenvalue weighted by Crippen LogP contribution is -2.12. The van der Waals surface area contributed by atoms with Gasteiger partial charge in [-0.05, 0) is 31.5 Å². The molecule has 4 nitrogen and oxygen atoms in total. The lowest BCUT2D eigenvalue weighted by atomic mass is 10.1. The van der Waals surface area contributed by atoms with E-state index in [9.17, 15) is 0 Å². The van der Waals surface area contributed by atoms with E-state index < -0.39 is 0 Å². The molecule has 0 radical (unpaired) electrons. The molecule has 90 valence electrons. The molecule has 0 amide bonds. The van der Waals surface area contributed by atoms with Crippen LogP contribution in [0.25, 0.3) is 11.3 Å². The molecule has 18 heavy (non-hydrogen) atoms. The van der Waals surface area contributed by atoms with Gasteiger partial charge in [0.25, 0.3) is 0 Å². The summed E-state index contributed by atoms with van der Waals surface area (Å²) < 4.78 is 5.36. The van der Waals surface area contributed by atoms with Crippen LogP contribution < -0.4 is 5.32 Å². The average molecular weight is 239 g/mol. The molecule has 0 aliphatic carbocycles. The minimum Gasteiger partial charge on any atom is -0.356 e. The molecule has 0 saturated carbocycles. The molecule has 2 aromatic rings. The molecule has 1 N–H and O–H groups in total. The van der Waals surface area contributed by atoms with Crippen LogP contribution in [0.2, 0.25) is 0 Å². The van der Waals surface area contributed by atoms with E-state index in [2.05, 4.69) is 16.5 Å². The molecule has 1 aliphatic rings. The third-order valence-corrected chi connectivity index (χ3v) is 3.22. The molecular weight excluding hydrogens is 226 g/mol. The van der Waals surface area contributed by atoms with Crippen molar-refractivity contribution in [2.75, 3.05) is 6.54 Å². The van der Waals surface area contributed by atoms with Crippen LogP contribution in [0.5, 0.6) is 0 Å². The number of hydrogen-bond donors (Lipinski definition) is 1. The van der Waals surface area contributed by atoms with Crippen LogP contribution >= 0.6 is 0 Å². The van der Waals surface area contributed by atoms with E-state index in [1.807, 2.05) is 24.3 Å². The van der Waals surface area contributed by atoms with Gasteiger partial charge in [-0.3, -0.25) is 0 Å². The highest BCUT2D eigenvalue weighted by molar-refractivity contribution is 5.60. The first-order chi connectivity index (χ1) is 8.86. The van der Waals surface area contributed by atoms with Crippen molar-refractivity contribution in [3.8, 4) is 17.4 Å². The highest BCUT2D eigenvalue weighted by atomic mass is 16.5. The Hall–Kier alpha value is -2.12. The molecule has 1 aliphatic heterocycles. The van der Waals surface area contributed by atoms with Crippen molar-refractivity contribution in [1.82, 2.24) is 10.5 Å². The zero-order valence-electron chi connectivity index (χ0n) is 9.89. The molecule has 1 aromatic carbocycles. The summed E-state index contributed by atoms with van der Waals surface area (Å²) in [4.78, 5) is 0. The smallest absolute Gasteiger partial charge is 0.167 e. The van der Waals surface area contributed by atoms with Crippen molar-refractivity contribution >= 4 is 0 Å². The van der Waals surface area contributed by atoms with Gasteiger partial charge in [0.2, 0.25) is 0 Å². The van der Waals surface area contributed by atoms with Crippen molar-refractivity contribution in [3.63, 3.8) is 0 Å². The molecule has 2 heterocycles. The van der Waals surface area contributed by atoms with Crippen molar-refractivity contribution in [3.05, 3.63) is 41.6 Å². The van der Waals surface area contributed by atoms with Gasteiger partial charge >= 0.3 is 0 Å². The molecule has 1 fully saturated rings. The number of nitriles is 1. The number of nitrogens with zero attached hydrogens (tertiary/aromatic N) is 2. The monoisotopic (exact) mass is 239 g/mol. The molecular formula is C14H13N3O. The third-order valence-electron chi connectivity index (χ3n) is 3.22.